The van der Waals surface area contributed by atoms with Gasteiger partial charge in [0.05, 0.1) is 5.41 Å². The number of carboxylic acid groups (broad SMARTS) is 1. The molecular formula is C14H21BrO2. The van der Waals surface area contributed by atoms with E-state index in [1.807, 2.05) is 0 Å². The molecule has 0 aromatic carbocycles. The molecule has 17 heavy (non-hydrogen) atoms. The molecule has 0 saturated heterocycles. The molecule has 2 nitrogen and oxygen atoms in total. The molecule has 0 radical (unpaired) electrons. The van der Waals surface area contributed by atoms with Gasteiger partial charge >= 0.3 is 5.97 Å². The zero-order chi connectivity index (χ0) is 13.3. The Hall–Kier alpha value is -0.570. The monoisotopic (exact) mass is 300 g/mol. The first-order valence-electron chi connectivity index (χ1n) is 5.95. The van der Waals surface area contributed by atoms with Crippen molar-refractivity contribution in [1.29, 1.82) is 0 Å². The van der Waals surface area contributed by atoms with E-state index in [2.05, 4.69) is 41.9 Å². The lowest BCUT2D eigenvalue weighted by atomic mass is 9.80. The molecule has 96 valence electrons. The summed E-state index contributed by atoms with van der Waals surface area (Å²) in [6.07, 6.45) is 6.97. The molecule has 0 atom stereocenters. The summed E-state index contributed by atoms with van der Waals surface area (Å²) < 4.78 is 1.12. The Morgan fingerprint density at radius 2 is 2.18 bits per heavy atom. The highest BCUT2D eigenvalue weighted by Crippen LogP contribution is 2.39. The molecule has 0 aromatic rings. The minimum atomic E-state index is -0.745. The Labute approximate surface area is 112 Å². The smallest absolute Gasteiger partial charge is 0.309 e. The Kier molecular flexibility index (Phi) is 4.23. The van der Waals surface area contributed by atoms with E-state index in [1.165, 1.54) is 5.57 Å². The Bertz CT molecular complexity index is 376. The van der Waals surface area contributed by atoms with Crippen molar-refractivity contribution >= 4 is 21.9 Å². The van der Waals surface area contributed by atoms with E-state index in [0.29, 0.717) is 6.42 Å². The molecule has 1 rings (SSSR count). The molecule has 0 heterocycles. The van der Waals surface area contributed by atoms with E-state index in [9.17, 15) is 4.79 Å². The summed E-state index contributed by atoms with van der Waals surface area (Å²) in [5, 5.41) is 9.06. The van der Waals surface area contributed by atoms with Crippen molar-refractivity contribution in [1.82, 2.24) is 0 Å². The summed E-state index contributed by atoms with van der Waals surface area (Å²) in [7, 11) is 0. The van der Waals surface area contributed by atoms with Gasteiger partial charge in [-0.1, -0.05) is 41.9 Å². The van der Waals surface area contributed by atoms with Crippen LogP contribution in [0.2, 0.25) is 0 Å². The molecule has 0 amide bonds. The van der Waals surface area contributed by atoms with Crippen molar-refractivity contribution in [3.8, 4) is 0 Å². The fourth-order valence-electron chi connectivity index (χ4n) is 1.75. The van der Waals surface area contributed by atoms with Crippen molar-refractivity contribution in [3.63, 3.8) is 0 Å². The summed E-state index contributed by atoms with van der Waals surface area (Å²) in [6, 6.07) is 0. The summed E-state index contributed by atoms with van der Waals surface area (Å²) in [4.78, 5) is 11.0. The fourth-order valence-corrected chi connectivity index (χ4v) is 2.73. The third-order valence-corrected chi connectivity index (χ3v) is 4.04. The van der Waals surface area contributed by atoms with Crippen LogP contribution in [-0.4, -0.2) is 11.1 Å². The van der Waals surface area contributed by atoms with E-state index < -0.39 is 11.4 Å². The van der Waals surface area contributed by atoms with Gasteiger partial charge in [0, 0.05) is 4.48 Å². The van der Waals surface area contributed by atoms with Gasteiger partial charge in [0.15, 0.2) is 0 Å². The number of halogens is 1. The number of hydrogen-bond acceptors (Lipinski definition) is 1. The predicted molar refractivity (Wildman–Crippen MR) is 74.1 cm³/mol. The molecule has 0 unspecified atom stereocenters. The number of aliphatic carboxylic acids is 1. The molecule has 0 aliphatic heterocycles. The Morgan fingerprint density at radius 1 is 1.59 bits per heavy atom. The molecule has 1 aliphatic carbocycles. The van der Waals surface area contributed by atoms with Crippen LogP contribution in [0.15, 0.2) is 22.2 Å². The fraction of sp³-hybridized carbons (Fsp3) is 0.643. The van der Waals surface area contributed by atoms with E-state index in [4.69, 9.17) is 5.11 Å². The maximum absolute atomic E-state index is 11.0. The summed E-state index contributed by atoms with van der Waals surface area (Å²) >= 11 is 3.58. The van der Waals surface area contributed by atoms with Gasteiger partial charge in [-0.3, -0.25) is 4.79 Å². The highest BCUT2D eigenvalue weighted by molar-refractivity contribution is 9.12. The molecule has 0 aromatic heterocycles. The Balaban J connectivity index is 2.80. The van der Waals surface area contributed by atoms with Crippen molar-refractivity contribution in [3.05, 3.63) is 22.2 Å². The minimum Gasteiger partial charge on any atom is -0.481 e. The van der Waals surface area contributed by atoms with Gasteiger partial charge in [-0.15, -0.1) is 0 Å². The minimum absolute atomic E-state index is 0.235. The van der Waals surface area contributed by atoms with E-state index in [-0.39, 0.29) is 5.41 Å². The van der Waals surface area contributed by atoms with Crippen LogP contribution in [0.1, 0.15) is 47.0 Å². The molecule has 0 fully saturated rings. The molecule has 0 spiro atoms. The van der Waals surface area contributed by atoms with Crippen molar-refractivity contribution < 1.29 is 9.90 Å². The van der Waals surface area contributed by atoms with Gasteiger partial charge in [-0.25, -0.2) is 0 Å². The normalized spacial score (nSPS) is 22.4. The third kappa shape index (κ3) is 3.98. The molecule has 0 bridgehead atoms. The molecule has 3 heteroatoms. The Morgan fingerprint density at radius 3 is 2.65 bits per heavy atom. The summed E-state index contributed by atoms with van der Waals surface area (Å²) in [5.74, 6) is -0.745. The van der Waals surface area contributed by atoms with Crippen LogP contribution < -0.4 is 0 Å². The van der Waals surface area contributed by atoms with Gasteiger partial charge in [0.1, 0.15) is 0 Å². The predicted octanol–water partition coefficient (Wildman–Crippen LogP) is 4.51. The third-order valence-electron chi connectivity index (χ3n) is 3.30. The maximum Gasteiger partial charge on any atom is 0.309 e. The lowest BCUT2D eigenvalue weighted by molar-refractivity contribution is -0.146. The number of hydrogen-bond donors (Lipinski definition) is 1. The van der Waals surface area contributed by atoms with Crippen LogP contribution in [0.4, 0.5) is 0 Å². The first-order chi connectivity index (χ1) is 7.64. The van der Waals surface area contributed by atoms with Gasteiger partial charge < -0.3 is 5.11 Å². The first-order valence-corrected chi connectivity index (χ1v) is 6.74. The van der Waals surface area contributed by atoms with E-state index in [0.717, 1.165) is 17.3 Å². The average molecular weight is 301 g/mol. The second-order valence-corrected chi connectivity index (χ2v) is 6.96. The number of allylic oxidation sites excluding steroid dienone is 4. The van der Waals surface area contributed by atoms with Gasteiger partial charge in [0.2, 0.25) is 0 Å². The van der Waals surface area contributed by atoms with Gasteiger partial charge in [-0.05, 0) is 44.1 Å². The molecular weight excluding hydrogens is 280 g/mol. The topological polar surface area (TPSA) is 37.3 Å². The van der Waals surface area contributed by atoms with Crippen LogP contribution in [-0.2, 0) is 4.79 Å². The maximum atomic E-state index is 11.0. The van der Waals surface area contributed by atoms with Gasteiger partial charge in [0.25, 0.3) is 0 Å². The van der Waals surface area contributed by atoms with Gasteiger partial charge in [-0.2, -0.15) is 0 Å². The summed E-state index contributed by atoms with van der Waals surface area (Å²) in [5.41, 5.74) is 0.782. The molecule has 1 aliphatic rings. The highest BCUT2D eigenvalue weighted by atomic mass is 79.9. The zero-order valence-corrected chi connectivity index (χ0v) is 12.6. The van der Waals surface area contributed by atoms with Crippen LogP contribution in [0, 0.1) is 10.8 Å². The number of carbonyl (C=O) groups is 1. The van der Waals surface area contributed by atoms with Crippen molar-refractivity contribution in [2.24, 2.45) is 10.8 Å². The van der Waals surface area contributed by atoms with Crippen molar-refractivity contribution in [2.75, 3.05) is 0 Å². The van der Waals surface area contributed by atoms with Crippen LogP contribution in [0.25, 0.3) is 0 Å². The lowest BCUT2D eigenvalue weighted by Gasteiger charge is -2.28. The summed E-state index contributed by atoms with van der Waals surface area (Å²) in [6.45, 7) is 7.95. The van der Waals surface area contributed by atoms with E-state index in [1.54, 1.807) is 13.8 Å². The van der Waals surface area contributed by atoms with Crippen molar-refractivity contribution in [2.45, 2.75) is 47.0 Å². The second kappa shape index (κ2) is 4.97. The highest BCUT2D eigenvalue weighted by Gasteiger charge is 2.27. The number of rotatable bonds is 3. The second-order valence-electron chi connectivity index (χ2n) is 6.10. The quantitative estimate of drug-likeness (QED) is 0.832. The lowest BCUT2D eigenvalue weighted by Crippen LogP contribution is -2.23. The average Bonchev–Trinajstić information content (AvgIpc) is 2.14. The first kappa shape index (κ1) is 14.5. The largest absolute Gasteiger partial charge is 0.481 e. The number of carboxylic acids is 1. The SMILES string of the molecule is CC1(C)C=C(Br)/C(=C/CC(C)(C)C(=O)O)CC1. The standard InChI is InChI=1S/C14H21BrO2/c1-13(2)7-5-10(11(15)9-13)6-8-14(3,4)12(16)17/h6,9H,5,7-8H2,1-4H3,(H,16,17)/b10-6+. The van der Waals surface area contributed by atoms with Crippen LogP contribution in [0.5, 0.6) is 0 Å². The zero-order valence-electron chi connectivity index (χ0n) is 11.0. The molecule has 0 saturated carbocycles. The molecule has 1 N–H and O–H groups in total. The van der Waals surface area contributed by atoms with Crippen LogP contribution in [0.3, 0.4) is 0 Å². The van der Waals surface area contributed by atoms with E-state index >= 15 is 0 Å². The van der Waals surface area contributed by atoms with Crippen LogP contribution >= 0.6 is 15.9 Å².